The highest BCUT2D eigenvalue weighted by molar-refractivity contribution is 5.76. The first-order chi connectivity index (χ1) is 10.0. The zero-order valence-electron chi connectivity index (χ0n) is 10.7. The van der Waals surface area contributed by atoms with Gasteiger partial charge in [-0.25, -0.2) is 4.39 Å². The monoisotopic (exact) mass is 289 g/mol. The molecule has 0 aliphatic rings. The Hall–Kier alpha value is -3.35. The molecule has 0 aliphatic heterocycles. The van der Waals surface area contributed by atoms with Crippen LogP contribution in [0.3, 0.4) is 0 Å². The number of H-pyrrole nitrogens is 1. The predicted octanol–water partition coefficient (Wildman–Crippen LogP) is 1.53. The van der Waals surface area contributed by atoms with Crippen LogP contribution in [0.5, 0.6) is 0 Å². The molecular weight excluding hydrogens is 281 g/mol. The Morgan fingerprint density at radius 3 is 2.95 bits per heavy atom. The van der Waals surface area contributed by atoms with Crippen LogP contribution in [0.25, 0.3) is 5.57 Å². The topological polar surface area (TPSA) is 133 Å². The fraction of sp³-hybridized carbons (Fsp3) is 0.0909. The number of nitro benzene ring substituents is 1. The van der Waals surface area contributed by atoms with Gasteiger partial charge < -0.3 is 5.32 Å². The molecule has 0 bridgehead atoms. The van der Waals surface area contributed by atoms with E-state index in [0.29, 0.717) is 0 Å². The zero-order chi connectivity index (χ0) is 15.4. The van der Waals surface area contributed by atoms with Crippen LogP contribution in [-0.4, -0.2) is 25.5 Å². The minimum atomic E-state index is -0.772. The molecule has 0 spiro atoms. The van der Waals surface area contributed by atoms with Gasteiger partial charge in [-0.15, -0.1) is 10.2 Å². The second kappa shape index (κ2) is 5.74. The minimum Gasteiger partial charge on any atom is -0.352 e. The van der Waals surface area contributed by atoms with Crippen molar-refractivity contribution in [2.75, 3.05) is 5.32 Å². The molecule has 1 heterocycles. The van der Waals surface area contributed by atoms with Gasteiger partial charge in [0, 0.05) is 12.3 Å². The van der Waals surface area contributed by atoms with Crippen LogP contribution < -0.4 is 5.32 Å². The SMILES string of the molecule is Cc1ccc([N+](=O)[O-])c(NC=C(C#N)c2nn[nH]n2)c1F. The summed E-state index contributed by atoms with van der Waals surface area (Å²) < 4.78 is 14.0. The van der Waals surface area contributed by atoms with Crippen LogP contribution in [0.15, 0.2) is 18.3 Å². The second-order valence-corrected chi connectivity index (χ2v) is 3.90. The standard InChI is InChI=1S/C11H8FN7O2/c1-6-2-3-8(19(20)21)10(9(6)12)14-5-7(4-13)11-15-17-18-16-11/h2-3,5,14H,1H3,(H,15,16,17,18). The lowest BCUT2D eigenvalue weighted by Gasteiger charge is -2.06. The van der Waals surface area contributed by atoms with Crippen molar-refractivity contribution in [1.82, 2.24) is 20.6 Å². The molecule has 0 fully saturated rings. The molecule has 0 radical (unpaired) electrons. The van der Waals surface area contributed by atoms with Crippen LogP contribution in [0.2, 0.25) is 0 Å². The van der Waals surface area contributed by atoms with Crippen LogP contribution in [-0.2, 0) is 0 Å². The number of aromatic amines is 1. The van der Waals surface area contributed by atoms with Gasteiger partial charge in [-0.3, -0.25) is 10.1 Å². The number of benzene rings is 1. The summed E-state index contributed by atoms with van der Waals surface area (Å²) in [5.74, 6) is -0.786. The van der Waals surface area contributed by atoms with E-state index < -0.39 is 16.4 Å². The van der Waals surface area contributed by atoms with Crippen molar-refractivity contribution in [2.45, 2.75) is 6.92 Å². The van der Waals surface area contributed by atoms with Gasteiger partial charge in [0.05, 0.1) is 4.92 Å². The fourth-order valence-corrected chi connectivity index (χ4v) is 1.53. The van der Waals surface area contributed by atoms with Crippen LogP contribution >= 0.6 is 0 Å². The number of rotatable bonds is 4. The average Bonchev–Trinajstić information content (AvgIpc) is 2.97. The molecule has 1 aromatic heterocycles. The summed E-state index contributed by atoms with van der Waals surface area (Å²) in [5.41, 5.74) is -0.607. The van der Waals surface area contributed by atoms with E-state index in [1.54, 1.807) is 6.07 Å². The van der Waals surface area contributed by atoms with E-state index in [-0.39, 0.29) is 22.6 Å². The molecule has 21 heavy (non-hydrogen) atoms. The Bertz CT molecular complexity index is 749. The fourth-order valence-electron chi connectivity index (χ4n) is 1.53. The van der Waals surface area contributed by atoms with Crippen molar-refractivity contribution in [3.63, 3.8) is 0 Å². The highest BCUT2D eigenvalue weighted by Crippen LogP contribution is 2.29. The summed E-state index contributed by atoms with van der Waals surface area (Å²) in [6.07, 6.45) is 1.08. The number of anilines is 1. The Morgan fingerprint density at radius 1 is 1.62 bits per heavy atom. The summed E-state index contributed by atoms with van der Waals surface area (Å²) in [5, 5.41) is 34.9. The Balaban J connectivity index is 2.42. The van der Waals surface area contributed by atoms with Gasteiger partial charge in [0.1, 0.15) is 11.6 Å². The molecule has 2 aromatic rings. The lowest BCUT2D eigenvalue weighted by molar-refractivity contribution is -0.384. The summed E-state index contributed by atoms with van der Waals surface area (Å²) in [4.78, 5) is 10.2. The lowest BCUT2D eigenvalue weighted by Crippen LogP contribution is -2.01. The van der Waals surface area contributed by atoms with Gasteiger partial charge in [-0.05, 0) is 23.8 Å². The Morgan fingerprint density at radius 2 is 2.38 bits per heavy atom. The number of tetrazole rings is 1. The van der Waals surface area contributed by atoms with Gasteiger partial charge in [-0.2, -0.15) is 10.5 Å². The van der Waals surface area contributed by atoms with Gasteiger partial charge >= 0.3 is 0 Å². The average molecular weight is 289 g/mol. The van der Waals surface area contributed by atoms with E-state index in [1.165, 1.54) is 19.1 Å². The third-order valence-electron chi connectivity index (χ3n) is 2.58. The van der Waals surface area contributed by atoms with E-state index in [9.17, 15) is 14.5 Å². The second-order valence-electron chi connectivity index (χ2n) is 3.90. The van der Waals surface area contributed by atoms with Gasteiger partial charge in [0.2, 0.25) is 5.82 Å². The molecule has 0 amide bonds. The van der Waals surface area contributed by atoms with Gasteiger partial charge in [-0.1, -0.05) is 0 Å². The lowest BCUT2D eigenvalue weighted by atomic mass is 10.1. The van der Waals surface area contributed by atoms with Crippen LogP contribution in [0, 0.1) is 34.2 Å². The number of nitrogens with zero attached hydrogens (tertiary/aromatic N) is 5. The van der Waals surface area contributed by atoms with E-state index in [2.05, 4.69) is 25.9 Å². The van der Waals surface area contributed by atoms with Crippen molar-refractivity contribution < 1.29 is 9.31 Å². The molecule has 2 rings (SSSR count). The number of hydrogen-bond acceptors (Lipinski definition) is 7. The summed E-state index contributed by atoms with van der Waals surface area (Å²) in [7, 11) is 0. The molecule has 106 valence electrons. The molecule has 0 aliphatic carbocycles. The number of nitrogens with one attached hydrogen (secondary N) is 2. The van der Waals surface area contributed by atoms with E-state index in [4.69, 9.17) is 5.26 Å². The van der Waals surface area contributed by atoms with Crippen molar-refractivity contribution >= 4 is 16.9 Å². The van der Waals surface area contributed by atoms with Crippen molar-refractivity contribution in [1.29, 1.82) is 5.26 Å². The van der Waals surface area contributed by atoms with E-state index in [1.807, 2.05) is 0 Å². The number of aromatic nitrogens is 4. The minimum absolute atomic E-state index is 0.0132. The van der Waals surface area contributed by atoms with Crippen LogP contribution in [0.4, 0.5) is 15.8 Å². The number of nitriles is 1. The molecular formula is C11H8FN7O2. The normalized spacial score (nSPS) is 11.0. The highest BCUT2D eigenvalue weighted by Gasteiger charge is 2.19. The van der Waals surface area contributed by atoms with Crippen molar-refractivity contribution in [3.8, 4) is 6.07 Å². The first kappa shape index (κ1) is 14.1. The maximum atomic E-state index is 14.0. The summed E-state index contributed by atoms with van der Waals surface area (Å²) in [6, 6.07) is 4.25. The van der Waals surface area contributed by atoms with E-state index >= 15 is 0 Å². The summed E-state index contributed by atoms with van der Waals surface area (Å²) >= 11 is 0. The highest BCUT2D eigenvalue weighted by atomic mass is 19.1. The maximum absolute atomic E-state index is 14.0. The number of aryl methyl sites for hydroxylation is 1. The molecule has 9 nitrogen and oxygen atoms in total. The number of halogens is 1. The van der Waals surface area contributed by atoms with Crippen molar-refractivity contribution in [3.05, 3.63) is 45.7 Å². The molecule has 2 N–H and O–H groups in total. The Labute approximate surface area is 117 Å². The number of allylic oxidation sites excluding steroid dienone is 1. The third kappa shape index (κ3) is 2.81. The van der Waals surface area contributed by atoms with Crippen molar-refractivity contribution in [2.24, 2.45) is 0 Å². The molecule has 10 heteroatoms. The zero-order valence-corrected chi connectivity index (χ0v) is 10.7. The van der Waals surface area contributed by atoms with Gasteiger partial charge in [0.25, 0.3) is 5.69 Å². The number of nitro groups is 1. The predicted molar refractivity (Wildman–Crippen MR) is 69.2 cm³/mol. The molecule has 0 saturated heterocycles. The first-order valence-corrected chi connectivity index (χ1v) is 5.58. The quantitative estimate of drug-likeness (QED) is 0.495. The largest absolute Gasteiger partial charge is 0.352 e. The van der Waals surface area contributed by atoms with Crippen LogP contribution in [0.1, 0.15) is 11.4 Å². The van der Waals surface area contributed by atoms with Gasteiger partial charge in [0.15, 0.2) is 11.5 Å². The Kier molecular flexibility index (Phi) is 3.85. The molecule has 1 aromatic carbocycles. The smallest absolute Gasteiger partial charge is 0.295 e. The van der Waals surface area contributed by atoms with E-state index in [0.717, 1.165) is 6.20 Å². The summed E-state index contributed by atoms with van der Waals surface area (Å²) in [6.45, 7) is 1.47. The molecule has 0 unspecified atom stereocenters. The number of hydrogen-bond donors (Lipinski definition) is 2. The molecule has 0 atom stereocenters. The first-order valence-electron chi connectivity index (χ1n) is 5.58. The third-order valence-corrected chi connectivity index (χ3v) is 2.58. The maximum Gasteiger partial charge on any atom is 0.295 e. The molecule has 0 saturated carbocycles.